The van der Waals surface area contributed by atoms with Gasteiger partial charge in [0.1, 0.15) is 0 Å². The second-order valence-corrected chi connectivity index (χ2v) is 19.4. The molecular weight excluding hydrogens is 627 g/mol. The second-order valence-electron chi connectivity index (χ2n) is 12.0. The molecule has 0 spiro atoms. The summed E-state index contributed by atoms with van der Waals surface area (Å²) in [5.74, 6) is 0.439. The molecule has 0 N–H and O–H groups in total. The van der Waals surface area contributed by atoms with E-state index in [9.17, 15) is 4.79 Å². The van der Waals surface area contributed by atoms with Gasteiger partial charge in [0.2, 0.25) is 0 Å². The molecule has 0 aromatic heterocycles. The molecule has 1 fully saturated rings. The Morgan fingerprint density at radius 2 is 1.56 bits per heavy atom. The van der Waals surface area contributed by atoms with Crippen LogP contribution in [0, 0.1) is 0 Å². The molecule has 0 unspecified atom stereocenters. The summed E-state index contributed by atoms with van der Waals surface area (Å²) in [5.41, 5.74) is 1.57. The van der Waals surface area contributed by atoms with Crippen LogP contribution in [-0.4, -0.2) is 74.7 Å². The van der Waals surface area contributed by atoms with E-state index < -0.39 is 14.6 Å². The Labute approximate surface area is 263 Å². The quantitative estimate of drug-likeness (QED) is 0.125. The molecule has 9 heteroatoms. The zero-order chi connectivity index (χ0) is 30.9. The summed E-state index contributed by atoms with van der Waals surface area (Å²) < 4.78 is 38.4. The van der Waals surface area contributed by atoms with Gasteiger partial charge in [0.25, 0.3) is 0 Å². The molecule has 0 bridgehead atoms. The number of hydrogen-bond acceptors (Lipinski definition) is 7. The van der Waals surface area contributed by atoms with E-state index in [2.05, 4.69) is 58.1 Å². The van der Waals surface area contributed by atoms with Gasteiger partial charge in [-0.1, -0.05) is 0 Å². The van der Waals surface area contributed by atoms with Gasteiger partial charge in [0.05, 0.1) is 0 Å². The Hall–Kier alpha value is -2.49. The maximum atomic E-state index is 12.4. The SMILES string of the molecule is COc1ccc(CO[C@@H]2CO[C@H](OCCOC(=O)c3ccccc3)[C@@H]([Se]c3ccccc3)[C@H]2O[Si](C)(C)C(C)(C)C)cc1. The first-order chi connectivity index (χ1) is 20.6. The molecule has 43 heavy (non-hydrogen) atoms. The molecule has 4 rings (SSSR count). The third kappa shape index (κ3) is 9.49. The number of hydrogen-bond donors (Lipinski definition) is 0. The van der Waals surface area contributed by atoms with Crippen molar-refractivity contribution < 1.29 is 32.9 Å². The molecule has 4 atom stereocenters. The van der Waals surface area contributed by atoms with Gasteiger partial charge in [0, 0.05) is 0 Å². The van der Waals surface area contributed by atoms with Gasteiger partial charge in [-0.2, -0.15) is 0 Å². The van der Waals surface area contributed by atoms with Crippen molar-refractivity contribution in [3.8, 4) is 5.75 Å². The van der Waals surface area contributed by atoms with Crippen LogP contribution in [0.1, 0.15) is 36.7 Å². The van der Waals surface area contributed by atoms with Crippen LogP contribution in [0.4, 0.5) is 0 Å². The first-order valence-corrected chi connectivity index (χ1v) is 19.4. The zero-order valence-corrected chi connectivity index (χ0v) is 28.7. The Kier molecular flexibility index (Phi) is 12.0. The predicted molar refractivity (Wildman–Crippen MR) is 172 cm³/mol. The van der Waals surface area contributed by atoms with E-state index in [1.54, 1.807) is 19.2 Å². The standard InChI is InChI=1S/C34H44O7SeSi/c1-34(2,3)43(5,6)41-30-29(39-23-25-17-19-27(36-4)20-18-25)24-40-33(31(30)42-28-15-11-8-12-16-28)38-22-21-37-32(35)26-13-9-7-10-14-26/h7-20,29-31,33H,21-24H2,1-6H3/t29-,30+,31+,33+/m1/s1. The van der Waals surface area contributed by atoms with E-state index in [1.165, 1.54) is 4.46 Å². The third-order valence-corrected chi connectivity index (χ3v) is 15.1. The average molecular weight is 672 g/mol. The van der Waals surface area contributed by atoms with E-state index in [1.807, 2.05) is 48.5 Å². The van der Waals surface area contributed by atoms with E-state index in [0.29, 0.717) is 18.8 Å². The van der Waals surface area contributed by atoms with E-state index in [-0.39, 0.29) is 56.2 Å². The first-order valence-electron chi connectivity index (χ1n) is 14.7. The summed E-state index contributed by atoms with van der Waals surface area (Å²) in [4.78, 5) is 12.3. The summed E-state index contributed by atoms with van der Waals surface area (Å²) in [5, 5.41) is 0.0120. The van der Waals surface area contributed by atoms with Crippen LogP contribution in [0.15, 0.2) is 84.9 Å². The summed E-state index contributed by atoms with van der Waals surface area (Å²) in [7, 11) is -0.540. The van der Waals surface area contributed by atoms with Gasteiger partial charge in [-0.15, -0.1) is 0 Å². The number of rotatable bonds is 13. The molecule has 1 saturated heterocycles. The number of carbonyl (C=O) groups is 1. The molecule has 1 aliphatic rings. The van der Waals surface area contributed by atoms with Gasteiger partial charge in [-0.3, -0.25) is 0 Å². The molecule has 1 heterocycles. The van der Waals surface area contributed by atoms with Crippen LogP contribution < -0.4 is 9.20 Å². The van der Waals surface area contributed by atoms with Crippen LogP contribution in [0.3, 0.4) is 0 Å². The minimum atomic E-state index is -2.20. The van der Waals surface area contributed by atoms with Crippen molar-refractivity contribution >= 4 is 33.7 Å². The Bertz CT molecular complexity index is 1270. The number of ether oxygens (including phenoxy) is 5. The van der Waals surface area contributed by atoms with Crippen LogP contribution >= 0.6 is 0 Å². The molecule has 3 aromatic carbocycles. The zero-order valence-electron chi connectivity index (χ0n) is 26.0. The van der Waals surface area contributed by atoms with Crippen LogP contribution in [-0.2, 0) is 30.0 Å². The number of carbonyl (C=O) groups excluding carboxylic acids is 1. The van der Waals surface area contributed by atoms with Crippen molar-refractivity contribution in [2.24, 2.45) is 0 Å². The topological polar surface area (TPSA) is 72.5 Å². The predicted octanol–water partition coefficient (Wildman–Crippen LogP) is 6.02. The molecule has 0 radical (unpaired) electrons. The fourth-order valence-electron chi connectivity index (χ4n) is 4.35. The average Bonchev–Trinajstić information content (AvgIpc) is 3.00. The molecule has 0 aliphatic carbocycles. The van der Waals surface area contributed by atoms with E-state index in [0.717, 1.165) is 11.3 Å². The monoisotopic (exact) mass is 672 g/mol. The van der Waals surface area contributed by atoms with Crippen LogP contribution in [0.2, 0.25) is 22.9 Å². The molecule has 232 valence electrons. The van der Waals surface area contributed by atoms with Gasteiger partial charge < -0.3 is 0 Å². The van der Waals surface area contributed by atoms with Crippen LogP contribution in [0.5, 0.6) is 5.75 Å². The van der Waals surface area contributed by atoms with Gasteiger partial charge >= 0.3 is 264 Å². The van der Waals surface area contributed by atoms with Crippen LogP contribution in [0.25, 0.3) is 0 Å². The first kappa shape index (κ1) is 33.4. The summed E-state index contributed by atoms with van der Waals surface area (Å²) >= 11 is -0.0399. The summed E-state index contributed by atoms with van der Waals surface area (Å²) in [6.07, 6.45) is -1.03. The minimum absolute atomic E-state index is 0.0120. The number of benzene rings is 3. The van der Waals surface area contributed by atoms with Gasteiger partial charge in [-0.25, -0.2) is 0 Å². The Morgan fingerprint density at radius 3 is 2.19 bits per heavy atom. The fraction of sp³-hybridized carbons (Fsp3) is 0.441. The summed E-state index contributed by atoms with van der Waals surface area (Å²) in [6, 6.07) is 27.3. The fourth-order valence-corrected chi connectivity index (χ4v) is 8.55. The van der Waals surface area contributed by atoms with E-state index in [4.69, 9.17) is 28.1 Å². The molecular formula is C34H44O7SeSi. The third-order valence-electron chi connectivity index (χ3n) is 7.87. The van der Waals surface area contributed by atoms with Crippen molar-refractivity contribution in [2.45, 2.75) is 68.8 Å². The van der Waals surface area contributed by atoms with Gasteiger partial charge in [0.15, 0.2) is 0 Å². The van der Waals surface area contributed by atoms with Crippen molar-refractivity contribution in [3.63, 3.8) is 0 Å². The molecule has 0 saturated carbocycles. The summed E-state index contributed by atoms with van der Waals surface area (Å²) in [6.45, 7) is 12.4. The molecule has 3 aromatic rings. The Balaban J connectivity index is 1.52. The van der Waals surface area contributed by atoms with E-state index >= 15 is 0 Å². The Morgan fingerprint density at radius 1 is 0.907 bits per heavy atom. The normalized spacial score (nSPS) is 20.9. The van der Waals surface area contributed by atoms with Gasteiger partial charge in [-0.05, 0) is 0 Å². The molecule has 7 nitrogen and oxygen atoms in total. The second kappa shape index (κ2) is 15.5. The van der Waals surface area contributed by atoms with Crippen molar-refractivity contribution in [3.05, 3.63) is 96.1 Å². The maximum absolute atomic E-state index is 12.4. The van der Waals surface area contributed by atoms with Crippen molar-refractivity contribution in [1.29, 1.82) is 0 Å². The number of methoxy groups -OCH3 is 1. The molecule has 1 aliphatic heterocycles. The van der Waals surface area contributed by atoms with Crippen molar-refractivity contribution in [2.75, 3.05) is 26.9 Å². The van der Waals surface area contributed by atoms with Crippen molar-refractivity contribution in [1.82, 2.24) is 0 Å². The number of esters is 1. The molecule has 0 amide bonds.